The zero-order valence-electron chi connectivity index (χ0n) is 13.3. The first-order valence-corrected chi connectivity index (χ1v) is 8.64. The molecule has 1 atom stereocenters. The van der Waals surface area contributed by atoms with E-state index in [1.54, 1.807) is 6.20 Å². The molecule has 2 fully saturated rings. The Morgan fingerprint density at radius 3 is 2.64 bits per heavy atom. The molecule has 0 bridgehead atoms. The first kappa shape index (κ1) is 16.4. The molecule has 0 amide bonds. The highest BCUT2D eigenvalue weighted by Gasteiger charge is 2.39. The highest BCUT2D eigenvalue weighted by molar-refractivity contribution is 6.28. The van der Waals surface area contributed by atoms with Crippen LogP contribution >= 0.6 is 11.6 Å². The predicted molar refractivity (Wildman–Crippen MR) is 90.5 cm³/mol. The molecule has 0 aliphatic heterocycles. The van der Waals surface area contributed by atoms with Crippen molar-refractivity contribution < 1.29 is 8.78 Å². The fourth-order valence-electron chi connectivity index (χ4n) is 2.98. The van der Waals surface area contributed by atoms with Gasteiger partial charge in [-0.1, -0.05) is 0 Å². The lowest BCUT2D eigenvalue weighted by atomic mass is 10.2. The minimum atomic E-state index is -2.63. The Labute approximate surface area is 148 Å². The molecule has 2 aromatic rings. The number of alkyl halides is 2. The maximum atomic E-state index is 13.3. The van der Waals surface area contributed by atoms with Gasteiger partial charge in [-0.25, -0.2) is 8.78 Å². The van der Waals surface area contributed by atoms with Crippen LogP contribution in [-0.4, -0.2) is 31.9 Å². The first-order valence-electron chi connectivity index (χ1n) is 8.26. The van der Waals surface area contributed by atoms with E-state index in [0.29, 0.717) is 12.3 Å². The summed E-state index contributed by atoms with van der Waals surface area (Å²) >= 11 is 5.95. The van der Waals surface area contributed by atoms with Crippen molar-refractivity contribution in [2.24, 2.45) is 0 Å². The second-order valence-electron chi connectivity index (χ2n) is 6.56. The Kier molecular flexibility index (Phi) is 4.15. The first-order chi connectivity index (χ1) is 12.0. The van der Waals surface area contributed by atoms with Gasteiger partial charge in [0.25, 0.3) is 0 Å². The molecule has 0 saturated heterocycles. The van der Waals surface area contributed by atoms with Gasteiger partial charge in [-0.2, -0.15) is 15.0 Å². The van der Waals surface area contributed by atoms with E-state index in [1.165, 1.54) is 0 Å². The van der Waals surface area contributed by atoms with Crippen LogP contribution in [0.5, 0.6) is 0 Å². The van der Waals surface area contributed by atoms with Gasteiger partial charge in [-0.15, -0.1) is 0 Å². The van der Waals surface area contributed by atoms with Crippen LogP contribution in [0.1, 0.15) is 43.7 Å². The number of nitrogens with one attached hydrogen (secondary N) is 2. The molecule has 0 radical (unpaired) electrons. The summed E-state index contributed by atoms with van der Waals surface area (Å²) in [6, 6.07) is 3.40. The number of aromatic nitrogens is 4. The van der Waals surface area contributed by atoms with Crippen molar-refractivity contribution >= 4 is 29.2 Å². The number of hydrogen-bond donors (Lipinski definition) is 2. The van der Waals surface area contributed by atoms with Crippen LogP contribution in [0.25, 0.3) is 0 Å². The summed E-state index contributed by atoms with van der Waals surface area (Å²) in [6.07, 6.45) is 4.07. The smallest absolute Gasteiger partial charge is 0.250 e. The maximum absolute atomic E-state index is 13.3. The van der Waals surface area contributed by atoms with E-state index in [0.717, 1.165) is 24.2 Å². The van der Waals surface area contributed by atoms with Crippen molar-refractivity contribution in [2.75, 3.05) is 10.6 Å². The summed E-state index contributed by atoms with van der Waals surface area (Å²) < 4.78 is 26.6. The van der Waals surface area contributed by atoms with Crippen LogP contribution in [0, 0.1) is 0 Å². The van der Waals surface area contributed by atoms with Gasteiger partial charge in [0.05, 0.1) is 0 Å². The van der Waals surface area contributed by atoms with E-state index in [4.69, 9.17) is 11.6 Å². The quantitative estimate of drug-likeness (QED) is 0.828. The fourth-order valence-corrected chi connectivity index (χ4v) is 3.14. The summed E-state index contributed by atoms with van der Waals surface area (Å²) in [5, 5.41) is 6.00. The SMILES string of the molecule is FC1(F)CCC(Nc2nc(Cl)nc(Nc3ccnc(C4CC4)c3)n2)C1. The van der Waals surface area contributed by atoms with Crippen molar-refractivity contribution in [1.29, 1.82) is 0 Å². The molecule has 2 heterocycles. The Morgan fingerprint density at radius 1 is 1.12 bits per heavy atom. The summed E-state index contributed by atoms with van der Waals surface area (Å²) in [5.41, 5.74) is 1.84. The number of halogens is 3. The van der Waals surface area contributed by atoms with Crippen LogP contribution < -0.4 is 10.6 Å². The zero-order valence-corrected chi connectivity index (χ0v) is 14.1. The topological polar surface area (TPSA) is 75.6 Å². The van der Waals surface area contributed by atoms with E-state index in [-0.39, 0.29) is 36.1 Å². The van der Waals surface area contributed by atoms with Crippen molar-refractivity contribution in [2.45, 2.75) is 50.0 Å². The van der Waals surface area contributed by atoms with Crippen molar-refractivity contribution in [1.82, 2.24) is 19.9 Å². The molecule has 2 N–H and O–H groups in total. The monoisotopic (exact) mass is 366 g/mol. The van der Waals surface area contributed by atoms with Gasteiger partial charge in [0, 0.05) is 42.4 Å². The summed E-state index contributed by atoms with van der Waals surface area (Å²) in [4.78, 5) is 16.6. The average Bonchev–Trinajstić information content (AvgIpc) is 3.32. The highest BCUT2D eigenvalue weighted by atomic mass is 35.5. The van der Waals surface area contributed by atoms with Gasteiger partial charge in [0.15, 0.2) is 0 Å². The summed E-state index contributed by atoms with van der Waals surface area (Å²) in [7, 11) is 0. The lowest BCUT2D eigenvalue weighted by molar-refractivity contribution is 0.00851. The molecule has 1 unspecified atom stereocenters. The number of pyridine rings is 1. The van der Waals surface area contributed by atoms with Gasteiger partial charge in [-0.05, 0) is 43.0 Å². The molecule has 2 aliphatic rings. The minimum absolute atomic E-state index is 0.00114. The number of nitrogens with zero attached hydrogens (tertiary/aromatic N) is 4. The molecule has 25 heavy (non-hydrogen) atoms. The van der Waals surface area contributed by atoms with E-state index in [2.05, 4.69) is 30.6 Å². The minimum Gasteiger partial charge on any atom is -0.351 e. The predicted octanol–water partition coefficient (Wildman–Crippen LogP) is 4.14. The Morgan fingerprint density at radius 2 is 1.92 bits per heavy atom. The largest absolute Gasteiger partial charge is 0.351 e. The molecule has 9 heteroatoms. The van der Waals surface area contributed by atoms with Gasteiger partial charge in [0.2, 0.25) is 23.1 Å². The molecule has 132 valence electrons. The normalized spacial score (nSPS) is 22.0. The third-order valence-corrected chi connectivity index (χ3v) is 4.55. The van der Waals surface area contributed by atoms with Crippen molar-refractivity contribution in [3.8, 4) is 0 Å². The van der Waals surface area contributed by atoms with Gasteiger partial charge >= 0.3 is 0 Å². The Hall–Kier alpha value is -2.09. The molecule has 2 aromatic heterocycles. The molecular weight excluding hydrogens is 350 g/mol. The summed E-state index contributed by atoms with van der Waals surface area (Å²) in [6.45, 7) is 0. The van der Waals surface area contributed by atoms with Crippen LogP contribution in [0.3, 0.4) is 0 Å². The molecule has 6 nitrogen and oxygen atoms in total. The van der Waals surface area contributed by atoms with Crippen molar-refractivity contribution in [3.63, 3.8) is 0 Å². The molecule has 0 aromatic carbocycles. The van der Waals surface area contributed by atoms with Crippen LogP contribution in [0.2, 0.25) is 5.28 Å². The van der Waals surface area contributed by atoms with Crippen molar-refractivity contribution in [3.05, 3.63) is 29.3 Å². The van der Waals surface area contributed by atoms with Crippen LogP contribution in [-0.2, 0) is 0 Å². The van der Waals surface area contributed by atoms with Gasteiger partial charge in [0.1, 0.15) is 0 Å². The van der Waals surface area contributed by atoms with Gasteiger partial charge in [-0.3, -0.25) is 4.98 Å². The number of anilines is 3. The molecule has 0 spiro atoms. The second-order valence-corrected chi connectivity index (χ2v) is 6.90. The van der Waals surface area contributed by atoms with E-state index in [1.807, 2.05) is 12.1 Å². The lowest BCUT2D eigenvalue weighted by Crippen LogP contribution is -2.21. The Bertz CT molecular complexity index is 783. The van der Waals surface area contributed by atoms with E-state index < -0.39 is 5.92 Å². The molecule has 4 rings (SSSR count). The zero-order chi connectivity index (χ0) is 17.4. The third kappa shape index (κ3) is 4.12. The standard InChI is InChI=1S/C16H17ClF2N6/c17-13-23-14(21-10-4-6-20-12(7-10)9-1-2-9)25-15(24-13)22-11-3-5-16(18,19)8-11/h4,6-7,9,11H,1-3,5,8H2,(H2,20,21,22,23,24,25). The fraction of sp³-hybridized carbons (Fsp3) is 0.500. The second kappa shape index (κ2) is 6.33. The average molecular weight is 367 g/mol. The maximum Gasteiger partial charge on any atom is 0.250 e. The van der Waals surface area contributed by atoms with E-state index in [9.17, 15) is 8.78 Å². The van der Waals surface area contributed by atoms with E-state index >= 15 is 0 Å². The van der Waals surface area contributed by atoms with Crippen LogP contribution in [0.15, 0.2) is 18.3 Å². The number of hydrogen-bond acceptors (Lipinski definition) is 6. The number of rotatable bonds is 5. The summed E-state index contributed by atoms with van der Waals surface area (Å²) in [5.74, 6) is -1.64. The molecule has 2 saturated carbocycles. The lowest BCUT2D eigenvalue weighted by Gasteiger charge is -2.14. The van der Waals surface area contributed by atoms with Gasteiger partial charge < -0.3 is 10.6 Å². The molecular formula is C16H17ClF2N6. The van der Waals surface area contributed by atoms with Crippen LogP contribution in [0.4, 0.5) is 26.4 Å². The highest BCUT2D eigenvalue weighted by Crippen LogP contribution is 2.39. The molecule has 2 aliphatic carbocycles. The Balaban J connectivity index is 1.48. The third-order valence-electron chi connectivity index (χ3n) is 4.38.